The molecule has 1 aliphatic heterocycles. The second-order valence-corrected chi connectivity index (χ2v) is 4.98. The normalized spacial score (nSPS) is 17.0. The topological polar surface area (TPSA) is 44.6 Å². The lowest BCUT2D eigenvalue weighted by molar-refractivity contribution is 0.296. The summed E-state index contributed by atoms with van der Waals surface area (Å²) in [4.78, 5) is 4.51. The van der Waals surface area contributed by atoms with Crippen LogP contribution in [0.3, 0.4) is 0 Å². The van der Waals surface area contributed by atoms with E-state index in [1.165, 1.54) is 25.1 Å². The van der Waals surface area contributed by atoms with E-state index < -0.39 is 0 Å². The van der Waals surface area contributed by atoms with E-state index in [9.17, 15) is 0 Å². The first-order valence-electron chi connectivity index (χ1n) is 5.89. The SMILES string of the molecule is OCCCSCCNC1=NCCCCC1. The highest BCUT2D eigenvalue weighted by Gasteiger charge is 2.02. The Balaban J connectivity index is 1.96. The van der Waals surface area contributed by atoms with Crippen molar-refractivity contribution in [2.24, 2.45) is 4.99 Å². The number of aliphatic imine (C=N–C) groups is 1. The van der Waals surface area contributed by atoms with Gasteiger partial charge in [0, 0.05) is 31.9 Å². The third kappa shape index (κ3) is 6.79. The number of hydrogen-bond acceptors (Lipinski definition) is 4. The quantitative estimate of drug-likeness (QED) is 0.682. The van der Waals surface area contributed by atoms with Crippen LogP contribution in [-0.4, -0.2) is 42.1 Å². The molecule has 0 unspecified atom stereocenters. The number of amidine groups is 1. The van der Waals surface area contributed by atoms with Crippen molar-refractivity contribution in [3.63, 3.8) is 0 Å². The van der Waals surface area contributed by atoms with Gasteiger partial charge in [-0.1, -0.05) is 6.42 Å². The van der Waals surface area contributed by atoms with E-state index in [2.05, 4.69) is 10.3 Å². The van der Waals surface area contributed by atoms with Crippen LogP contribution >= 0.6 is 11.8 Å². The second-order valence-electron chi connectivity index (χ2n) is 3.76. The van der Waals surface area contributed by atoms with Crippen LogP contribution in [0.5, 0.6) is 0 Å². The minimum atomic E-state index is 0.313. The monoisotopic (exact) mass is 230 g/mol. The average molecular weight is 230 g/mol. The standard InChI is InChI=1S/C11H22N2OS/c14-8-4-9-15-10-7-13-11-5-2-1-3-6-12-11/h14H,1-10H2,(H,12,13). The first kappa shape index (κ1) is 12.8. The molecule has 3 nitrogen and oxygen atoms in total. The van der Waals surface area contributed by atoms with Gasteiger partial charge in [-0.15, -0.1) is 0 Å². The first-order valence-corrected chi connectivity index (χ1v) is 7.05. The lowest BCUT2D eigenvalue weighted by Crippen LogP contribution is -2.25. The molecule has 0 radical (unpaired) electrons. The smallest absolute Gasteiger partial charge is 0.0963 e. The lowest BCUT2D eigenvalue weighted by atomic mass is 10.2. The Kier molecular flexibility index (Phi) is 7.74. The maximum atomic E-state index is 8.61. The van der Waals surface area contributed by atoms with Crippen LogP contribution in [-0.2, 0) is 0 Å². The van der Waals surface area contributed by atoms with Crippen LogP contribution in [0.1, 0.15) is 32.1 Å². The van der Waals surface area contributed by atoms with Crippen molar-refractivity contribution in [3.8, 4) is 0 Å². The van der Waals surface area contributed by atoms with Gasteiger partial charge in [-0.2, -0.15) is 11.8 Å². The number of aliphatic hydroxyl groups is 1. The fourth-order valence-corrected chi connectivity index (χ4v) is 2.34. The highest BCUT2D eigenvalue weighted by molar-refractivity contribution is 7.99. The van der Waals surface area contributed by atoms with Crippen molar-refractivity contribution in [3.05, 3.63) is 0 Å². The Labute approximate surface area is 96.7 Å². The summed E-state index contributed by atoms with van der Waals surface area (Å²) in [6.07, 6.45) is 5.88. The Morgan fingerprint density at radius 2 is 2.20 bits per heavy atom. The van der Waals surface area contributed by atoms with Crippen molar-refractivity contribution in [1.82, 2.24) is 5.32 Å². The summed E-state index contributed by atoms with van der Waals surface area (Å²) < 4.78 is 0. The van der Waals surface area contributed by atoms with Gasteiger partial charge in [-0.05, 0) is 25.0 Å². The van der Waals surface area contributed by atoms with E-state index in [0.29, 0.717) is 6.61 Å². The van der Waals surface area contributed by atoms with Crippen LogP contribution in [0.2, 0.25) is 0 Å². The van der Waals surface area contributed by atoms with E-state index >= 15 is 0 Å². The summed E-state index contributed by atoms with van der Waals surface area (Å²) in [6, 6.07) is 0. The predicted octanol–water partition coefficient (Wildman–Crippen LogP) is 1.66. The van der Waals surface area contributed by atoms with Crippen molar-refractivity contribution >= 4 is 17.6 Å². The lowest BCUT2D eigenvalue weighted by Gasteiger charge is -2.07. The molecule has 0 aliphatic carbocycles. The molecule has 0 spiro atoms. The summed E-state index contributed by atoms with van der Waals surface area (Å²) in [5.41, 5.74) is 0. The molecule has 0 amide bonds. The molecule has 88 valence electrons. The summed E-state index contributed by atoms with van der Waals surface area (Å²) in [5, 5.41) is 12.0. The Bertz CT molecular complexity index is 185. The largest absolute Gasteiger partial charge is 0.396 e. The second kappa shape index (κ2) is 9.04. The van der Waals surface area contributed by atoms with Gasteiger partial charge >= 0.3 is 0 Å². The Morgan fingerprint density at radius 1 is 1.27 bits per heavy atom. The van der Waals surface area contributed by atoms with Gasteiger partial charge < -0.3 is 10.4 Å². The molecule has 0 aromatic heterocycles. The zero-order chi connectivity index (χ0) is 10.8. The molecule has 0 saturated heterocycles. The fourth-order valence-electron chi connectivity index (χ4n) is 1.55. The minimum absolute atomic E-state index is 0.313. The molecule has 15 heavy (non-hydrogen) atoms. The van der Waals surface area contributed by atoms with E-state index in [-0.39, 0.29) is 0 Å². The number of nitrogens with zero attached hydrogens (tertiary/aromatic N) is 1. The maximum Gasteiger partial charge on any atom is 0.0963 e. The van der Waals surface area contributed by atoms with E-state index in [4.69, 9.17) is 5.11 Å². The maximum absolute atomic E-state index is 8.61. The third-order valence-corrected chi connectivity index (χ3v) is 3.47. The molecule has 0 saturated carbocycles. The van der Waals surface area contributed by atoms with Crippen molar-refractivity contribution < 1.29 is 5.11 Å². The number of nitrogens with one attached hydrogen (secondary N) is 1. The molecule has 0 aromatic rings. The van der Waals surface area contributed by atoms with Gasteiger partial charge in [-0.25, -0.2) is 0 Å². The van der Waals surface area contributed by atoms with Gasteiger partial charge in [0.25, 0.3) is 0 Å². The van der Waals surface area contributed by atoms with Crippen LogP contribution in [0, 0.1) is 0 Å². The molecule has 1 rings (SSSR count). The zero-order valence-electron chi connectivity index (χ0n) is 9.37. The molecule has 0 fully saturated rings. The molecule has 0 aromatic carbocycles. The first-order chi connectivity index (χ1) is 7.43. The summed E-state index contributed by atoms with van der Waals surface area (Å²) in [7, 11) is 0. The Hall–Kier alpha value is -0.220. The highest BCUT2D eigenvalue weighted by atomic mass is 32.2. The summed E-state index contributed by atoms with van der Waals surface area (Å²) >= 11 is 1.89. The van der Waals surface area contributed by atoms with E-state index in [1.54, 1.807) is 0 Å². The van der Waals surface area contributed by atoms with Gasteiger partial charge in [0.1, 0.15) is 0 Å². The van der Waals surface area contributed by atoms with Gasteiger partial charge in [0.2, 0.25) is 0 Å². The van der Waals surface area contributed by atoms with Crippen molar-refractivity contribution in [2.45, 2.75) is 32.1 Å². The molecule has 1 heterocycles. The minimum Gasteiger partial charge on any atom is -0.396 e. The van der Waals surface area contributed by atoms with Gasteiger partial charge in [0.15, 0.2) is 0 Å². The molecule has 0 atom stereocenters. The van der Waals surface area contributed by atoms with E-state index in [1.807, 2.05) is 11.8 Å². The van der Waals surface area contributed by atoms with Gasteiger partial charge in [0.05, 0.1) is 5.84 Å². The zero-order valence-corrected chi connectivity index (χ0v) is 10.2. The number of hydrogen-bond donors (Lipinski definition) is 2. The van der Waals surface area contributed by atoms with Crippen molar-refractivity contribution in [2.75, 3.05) is 31.2 Å². The van der Waals surface area contributed by atoms with Crippen LogP contribution in [0.4, 0.5) is 0 Å². The highest BCUT2D eigenvalue weighted by Crippen LogP contribution is 2.06. The Morgan fingerprint density at radius 3 is 3.07 bits per heavy atom. The van der Waals surface area contributed by atoms with E-state index in [0.717, 1.165) is 37.4 Å². The number of thioether (sulfide) groups is 1. The molecule has 4 heteroatoms. The summed E-state index contributed by atoms with van der Waals surface area (Å²) in [6.45, 7) is 2.32. The third-order valence-electron chi connectivity index (χ3n) is 2.40. The van der Waals surface area contributed by atoms with Crippen LogP contribution < -0.4 is 5.32 Å². The molecular formula is C11H22N2OS. The molecule has 0 bridgehead atoms. The fraction of sp³-hybridized carbons (Fsp3) is 0.909. The van der Waals surface area contributed by atoms with Crippen LogP contribution in [0.15, 0.2) is 4.99 Å². The summed E-state index contributed by atoms with van der Waals surface area (Å²) in [5.74, 6) is 3.37. The number of rotatable bonds is 6. The molecule has 1 aliphatic rings. The van der Waals surface area contributed by atoms with Crippen molar-refractivity contribution in [1.29, 1.82) is 0 Å². The van der Waals surface area contributed by atoms with Crippen LogP contribution in [0.25, 0.3) is 0 Å². The average Bonchev–Trinajstić information content (AvgIpc) is 2.52. The predicted molar refractivity (Wildman–Crippen MR) is 67.8 cm³/mol. The molecular weight excluding hydrogens is 208 g/mol. The molecule has 2 N–H and O–H groups in total. The number of aliphatic hydroxyl groups excluding tert-OH is 1. The van der Waals surface area contributed by atoms with Gasteiger partial charge in [-0.3, -0.25) is 4.99 Å².